The molecule has 7 nitrogen and oxygen atoms in total. The summed E-state index contributed by atoms with van der Waals surface area (Å²) >= 11 is 0. The van der Waals surface area contributed by atoms with Crippen LogP contribution in [-0.4, -0.2) is 30.4 Å². The number of fused-ring (bicyclic) bond motifs is 1. The van der Waals surface area contributed by atoms with Gasteiger partial charge in [-0.1, -0.05) is 18.2 Å². The minimum Gasteiger partial charge on any atom is -0.352 e. The van der Waals surface area contributed by atoms with Gasteiger partial charge in [-0.15, -0.1) is 0 Å². The molecule has 2 N–H and O–H groups in total. The molecule has 4 rings (SSSR count). The lowest BCUT2D eigenvalue weighted by Crippen LogP contribution is -2.25. The van der Waals surface area contributed by atoms with Crippen molar-refractivity contribution in [2.24, 2.45) is 0 Å². The quantitative estimate of drug-likeness (QED) is 0.382. The van der Waals surface area contributed by atoms with Gasteiger partial charge < -0.3 is 9.88 Å². The predicted octanol–water partition coefficient (Wildman–Crippen LogP) is 4.27. The number of benzene rings is 3. The molecule has 8 heteroatoms. The van der Waals surface area contributed by atoms with Crippen LogP contribution in [0.2, 0.25) is 0 Å². The van der Waals surface area contributed by atoms with Crippen molar-refractivity contribution in [3.8, 4) is 0 Å². The molecular formula is C25H26N4O3S. The number of hydrogen-bond donors (Lipinski definition) is 2. The third-order valence-electron chi connectivity index (χ3n) is 5.58. The van der Waals surface area contributed by atoms with E-state index in [1.807, 2.05) is 44.4 Å². The van der Waals surface area contributed by atoms with Gasteiger partial charge in [-0.05, 0) is 79.9 Å². The van der Waals surface area contributed by atoms with Gasteiger partial charge in [-0.2, -0.15) is 0 Å². The summed E-state index contributed by atoms with van der Waals surface area (Å²) in [6, 6.07) is 19.3. The van der Waals surface area contributed by atoms with Gasteiger partial charge in [-0.3, -0.25) is 9.52 Å². The molecule has 170 valence electrons. The van der Waals surface area contributed by atoms with Crippen molar-refractivity contribution in [1.29, 1.82) is 0 Å². The summed E-state index contributed by atoms with van der Waals surface area (Å²) in [5, 5.41) is 2.90. The number of sulfonamides is 1. The first-order chi connectivity index (χ1) is 15.8. The van der Waals surface area contributed by atoms with Gasteiger partial charge in [-0.25, -0.2) is 13.4 Å². The summed E-state index contributed by atoms with van der Waals surface area (Å²) in [7, 11) is -3.70. The molecule has 0 atom stereocenters. The number of nitrogens with one attached hydrogen (secondary N) is 2. The Morgan fingerprint density at radius 2 is 1.73 bits per heavy atom. The molecule has 0 aliphatic carbocycles. The van der Waals surface area contributed by atoms with E-state index in [1.54, 1.807) is 42.5 Å². The highest BCUT2D eigenvalue weighted by Gasteiger charge is 2.15. The Kier molecular flexibility index (Phi) is 6.46. The number of aryl methyl sites for hydroxylation is 3. The summed E-state index contributed by atoms with van der Waals surface area (Å²) in [4.78, 5) is 17.0. The van der Waals surface area contributed by atoms with Crippen LogP contribution < -0.4 is 10.0 Å². The number of imidazole rings is 1. The van der Waals surface area contributed by atoms with Gasteiger partial charge in [0.15, 0.2) is 0 Å². The molecule has 0 saturated heterocycles. The lowest BCUT2D eigenvalue weighted by Gasteiger charge is -2.11. The minimum atomic E-state index is -3.70. The molecule has 1 amide bonds. The largest absolute Gasteiger partial charge is 0.352 e. The highest BCUT2D eigenvalue weighted by molar-refractivity contribution is 7.92. The third kappa shape index (κ3) is 5.23. The van der Waals surface area contributed by atoms with Gasteiger partial charge in [0.2, 0.25) is 0 Å². The van der Waals surface area contributed by atoms with Gasteiger partial charge in [0.25, 0.3) is 15.9 Å². The van der Waals surface area contributed by atoms with E-state index in [0.29, 0.717) is 17.8 Å². The zero-order chi connectivity index (χ0) is 23.4. The van der Waals surface area contributed by atoms with Crippen LogP contribution in [-0.2, 0) is 16.6 Å². The molecule has 0 spiro atoms. The lowest BCUT2D eigenvalue weighted by atomic mass is 10.1. The number of rotatable bonds is 8. The van der Waals surface area contributed by atoms with Crippen LogP contribution in [0.5, 0.6) is 0 Å². The molecule has 0 saturated carbocycles. The van der Waals surface area contributed by atoms with E-state index in [9.17, 15) is 13.2 Å². The minimum absolute atomic E-state index is 0.200. The fourth-order valence-corrected chi connectivity index (χ4v) is 4.67. The van der Waals surface area contributed by atoms with E-state index in [0.717, 1.165) is 35.1 Å². The number of aromatic nitrogens is 2. The maximum Gasteiger partial charge on any atom is 0.261 e. The van der Waals surface area contributed by atoms with Crippen molar-refractivity contribution in [3.05, 3.63) is 89.7 Å². The first kappa shape index (κ1) is 22.5. The molecule has 0 unspecified atom stereocenters. The summed E-state index contributed by atoms with van der Waals surface area (Å²) < 4.78 is 29.9. The van der Waals surface area contributed by atoms with E-state index in [2.05, 4.69) is 19.6 Å². The molecule has 0 bridgehead atoms. The number of amides is 1. The second kappa shape index (κ2) is 9.46. The highest BCUT2D eigenvalue weighted by atomic mass is 32.2. The van der Waals surface area contributed by atoms with Gasteiger partial charge >= 0.3 is 0 Å². The number of para-hydroxylation sites is 2. The Morgan fingerprint density at radius 1 is 0.970 bits per heavy atom. The smallest absolute Gasteiger partial charge is 0.261 e. The van der Waals surface area contributed by atoms with E-state index in [1.165, 1.54) is 0 Å². The number of anilines is 1. The number of hydrogen-bond acceptors (Lipinski definition) is 4. The van der Waals surface area contributed by atoms with Crippen LogP contribution in [0.25, 0.3) is 11.0 Å². The fraction of sp³-hybridized carbons (Fsp3) is 0.200. The summed E-state index contributed by atoms with van der Waals surface area (Å²) in [5.74, 6) is -0.200. The summed E-state index contributed by atoms with van der Waals surface area (Å²) in [6.07, 6.45) is 2.57. The number of nitrogens with zero attached hydrogens (tertiary/aromatic N) is 2. The highest BCUT2D eigenvalue weighted by Crippen LogP contribution is 2.19. The zero-order valence-electron chi connectivity index (χ0n) is 18.6. The van der Waals surface area contributed by atoms with Gasteiger partial charge in [0.05, 0.1) is 22.3 Å². The standard InChI is InChI=1S/C25H26N4O3S/c1-18-8-13-22(16-19(18)2)33(31,32)28-21-11-9-20(10-12-21)25(30)26-14-5-15-29-17-27-23-6-3-4-7-24(23)29/h3-4,6-13,16-17,28H,5,14-15H2,1-2H3,(H,26,30). The topological polar surface area (TPSA) is 93.1 Å². The third-order valence-corrected chi connectivity index (χ3v) is 6.96. The Labute approximate surface area is 193 Å². The van der Waals surface area contributed by atoms with Gasteiger partial charge in [0.1, 0.15) is 0 Å². The Bertz CT molecular complexity index is 1390. The number of carbonyl (C=O) groups is 1. The molecule has 1 aromatic heterocycles. The lowest BCUT2D eigenvalue weighted by molar-refractivity contribution is 0.0953. The van der Waals surface area contributed by atoms with Crippen LogP contribution in [0.15, 0.2) is 78.0 Å². The molecule has 3 aromatic carbocycles. The van der Waals surface area contributed by atoms with Crippen molar-refractivity contribution < 1.29 is 13.2 Å². The van der Waals surface area contributed by atoms with E-state index >= 15 is 0 Å². The van der Waals surface area contributed by atoms with Gasteiger partial charge in [0, 0.05) is 24.3 Å². The van der Waals surface area contributed by atoms with Crippen LogP contribution in [0, 0.1) is 13.8 Å². The van der Waals surface area contributed by atoms with Crippen molar-refractivity contribution in [1.82, 2.24) is 14.9 Å². The summed E-state index contributed by atoms with van der Waals surface area (Å²) in [6.45, 7) is 5.08. The van der Waals surface area contributed by atoms with Crippen molar-refractivity contribution >= 4 is 32.7 Å². The zero-order valence-corrected chi connectivity index (χ0v) is 19.4. The second-order valence-corrected chi connectivity index (χ2v) is 9.65. The van der Waals surface area contributed by atoms with Crippen LogP contribution in [0.4, 0.5) is 5.69 Å². The molecule has 0 aliphatic rings. The molecule has 0 radical (unpaired) electrons. The molecule has 33 heavy (non-hydrogen) atoms. The average Bonchev–Trinajstić information content (AvgIpc) is 3.21. The first-order valence-corrected chi connectivity index (χ1v) is 12.2. The second-order valence-electron chi connectivity index (χ2n) is 7.97. The van der Waals surface area contributed by atoms with E-state index in [4.69, 9.17) is 0 Å². The molecule has 4 aromatic rings. The monoisotopic (exact) mass is 462 g/mol. The van der Waals surface area contributed by atoms with Crippen LogP contribution >= 0.6 is 0 Å². The van der Waals surface area contributed by atoms with Crippen molar-refractivity contribution in [3.63, 3.8) is 0 Å². The molecular weight excluding hydrogens is 436 g/mol. The SMILES string of the molecule is Cc1ccc(S(=O)(=O)Nc2ccc(C(=O)NCCCn3cnc4ccccc43)cc2)cc1C. The first-order valence-electron chi connectivity index (χ1n) is 10.7. The van der Waals surface area contributed by atoms with E-state index in [-0.39, 0.29) is 10.8 Å². The Morgan fingerprint density at radius 3 is 2.48 bits per heavy atom. The fourth-order valence-electron chi connectivity index (χ4n) is 3.53. The maximum absolute atomic E-state index is 12.6. The molecule has 0 aliphatic heterocycles. The van der Waals surface area contributed by atoms with Crippen LogP contribution in [0.3, 0.4) is 0 Å². The van der Waals surface area contributed by atoms with Crippen molar-refractivity contribution in [2.45, 2.75) is 31.7 Å². The van der Waals surface area contributed by atoms with Crippen LogP contribution in [0.1, 0.15) is 27.9 Å². The molecule has 1 heterocycles. The summed E-state index contributed by atoms with van der Waals surface area (Å²) in [5.41, 5.74) is 4.83. The Balaban J connectivity index is 1.31. The maximum atomic E-state index is 12.6. The van der Waals surface area contributed by atoms with E-state index < -0.39 is 10.0 Å². The Hall–Kier alpha value is -3.65. The number of carbonyl (C=O) groups excluding carboxylic acids is 1. The predicted molar refractivity (Wildman–Crippen MR) is 130 cm³/mol. The normalized spacial score (nSPS) is 11.5. The molecule has 0 fully saturated rings. The van der Waals surface area contributed by atoms with Crippen molar-refractivity contribution in [2.75, 3.05) is 11.3 Å². The average molecular weight is 463 g/mol.